The van der Waals surface area contributed by atoms with E-state index in [0.29, 0.717) is 0 Å². The molecule has 146 valence electrons. The van der Waals surface area contributed by atoms with E-state index in [-0.39, 0.29) is 36.4 Å². The molecule has 4 aromatic rings. The average Bonchev–Trinajstić information content (AvgIpc) is 3.29. The Morgan fingerprint density at radius 1 is 1.11 bits per heavy atom. The number of nitrogens with zero attached hydrogens (tertiary/aromatic N) is 4. The van der Waals surface area contributed by atoms with Gasteiger partial charge in [0.1, 0.15) is 5.82 Å². The minimum absolute atomic E-state index is 0. The van der Waals surface area contributed by atoms with Crippen molar-refractivity contribution in [1.29, 1.82) is 0 Å². The van der Waals surface area contributed by atoms with Crippen molar-refractivity contribution in [3.05, 3.63) is 72.3 Å². The second-order valence-electron chi connectivity index (χ2n) is 6.31. The van der Waals surface area contributed by atoms with E-state index in [1.165, 1.54) is 0 Å². The topological polar surface area (TPSA) is 72.9 Å². The molecule has 0 saturated carbocycles. The van der Waals surface area contributed by atoms with Gasteiger partial charge in [-0.1, -0.05) is 18.2 Å². The fourth-order valence-corrected chi connectivity index (χ4v) is 3.17. The molecule has 0 saturated heterocycles. The van der Waals surface area contributed by atoms with Crippen LogP contribution in [0.15, 0.2) is 61.2 Å². The molecule has 0 fully saturated rings. The summed E-state index contributed by atoms with van der Waals surface area (Å²) < 4.78 is 4.08. The van der Waals surface area contributed by atoms with Gasteiger partial charge in [0, 0.05) is 25.0 Å². The Bertz CT molecular complexity index is 1090. The molecule has 28 heavy (non-hydrogen) atoms. The number of benzene rings is 2. The highest BCUT2D eigenvalue weighted by Crippen LogP contribution is 2.27. The smallest absolute Gasteiger partial charge is 0.335 e. The first-order valence-corrected chi connectivity index (χ1v) is 8.32. The normalized spacial score (nSPS) is 11.5. The number of carboxylic acid groups (broad SMARTS) is 1. The lowest BCUT2D eigenvalue weighted by Crippen LogP contribution is -2.04. The summed E-state index contributed by atoms with van der Waals surface area (Å²) in [4.78, 5) is 19.9. The van der Waals surface area contributed by atoms with Gasteiger partial charge in [-0.05, 0) is 36.8 Å². The van der Waals surface area contributed by atoms with Crippen LogP contribution in [0.5, 0.6) is 0 Å². The molecule has 2 aromatic carbocycles. The van der Waals surface area contributed by atoms with E-state index in [0.717, 1.165) is 28.0 Å². The molecule has 8 heteroatoms. The predicted octanol–water partition coefficient (Wildman–Crippen LogP) is 4.59. The molecule has 0 spiro atoms. The molecule has 0 aliphatic rings. The first kappa shape index (κ1) is 21.5. The number of carbonyl (C=O) groups is 1. The number of aromatic carboxylic acids is 1. The Labute approximate surface area is 174 Å². The van der Waals surface area contributed by atoms with Crippen molar-refractivity contribution in [2.45, 2.75) is 13.0 Å². The Hall–Kier alpha value is -2.83. The highest BCUT2D eigenvalue weighted by molar-refractivity contribution is 5.88. The second-order valence-corrected chi connectivity index (χ2v) is 6.31. The lowest BCUT2D eigenvalue weighted by atomic mass is 10.1. The number of hydrogen-bond acceptors (Lipinski definition) is 3. The van der Waals surface area contributed by atoms with Crippen LogP contribution in [0.3, 0.4) is 0 Å². The average molecular weight is 419 g/mol. The van der Waals surface area contributed by atoms with Gasteiger partial charge in [0.2, 0.25) is 0 Å². The first-order valence-electron chi connectivity index (χ1n) is 8.32. The minimum atomic E-state index is -0.931. The molecule has 1 atom stereocenters. The number of imidazole rings is 2. The second kappa shape index (κ2) is 8.46. The van der Waals surface area contributed by atoms with Crippen molar-refractivity contribution in [3.8, 4) is 11.4 Å². The number of aromatic nitrogens is 4. The van der Waals surface area contributed by atoms with Crippen LogP contribution in [-0.4, -0.2) is 30.2 Å². The van der Waals surface area contributed by atoms with Gasteiger partial charge in [-0.2, -0.15) is 0 Å². The van der Waals surface area contributed by atoms with Gasteiger partial charge in [0.15, 0.2) is 0 Å². The zero-order valence-electron chi connectivity index (χ0n) is 15.3. The Morgan fingerprint density at radius 3 is 2.43 bits per heavy atom. The largest absolute Gasteiger partial charge is 0.478 e. The summed E-state index contributed by atoms with van der Waals surface area (Å²) in [5.74, 6) is -0.121. The summed E-state index contributed by atoms with van der Waals surface area (Å²) in [7, 11) is 1.97. The van der Waals surface area contributed by atoms with Gasteiger partial charge in [-0.15, -0.1) is 24.8 Å². The number of rotatable bonds is 4. The van der Waals surface area contributed by atoms with Crippen molar-refractivity contribution >= 4 is 41.8 Å². The Morgan fingerprint density at radius 2 is 1.82 bits per heavy atom. The van der Waals surface area contributed by atoms with E-state index in [4.69, 9.17) is 10.1 Å². The number of aryl methyl sites for hydroxylation is 1. The predicted molar refractivity (Wildman–Crippen MR) is 114 cm³/mol. The van der Waals surface area contributed by atoms with E-state index in [9.17, 15) is 4.79 Å². The maximum Gasteiger partial charge on any atom is 0.335 e. The summed E-state index contributed by atoms with van der Waals surface area (Å²) in [6, 6.07) is 13.2. The van der Waals surface area contributed by atoms with E-state index in [1.807, 2.05) is 24.1 Å². The third-order valence-electron chi connectivity index (χ3n) is 4.75. The van der Waals surface area contributed by atoms with Crippen LogP contribution < -0.4 is 0 Å². The van der Waals surface area contributed by atoms with Crippen molar-refractivity contribution in [2.75, 3.05) is 0 Å². The van der Waals surface area contributed by atoms with Gasteiger partial charge >= 0.3 is 5.97 Å². The van der Waals surface area contributed by atoms with Gasteiger partial charge in [-0.25, -0.2) is 14.8 Å². The molecule has 1 N–H and O–H groups in total. The SMILES string of the molecule is CC(c1ccc2c(c1)nc(-c1ccc(C(=O)O)cc1)n2C)n1ccnc1.Cl.Cl. The summed E-state index contributed by atoms with van der Waals surface area (Å²) in [6.07, 6.45) is 5.53. The number of carboxylic acids is 1. The number of hydrogen-bond donors (Lipinski definition) is 1. The van der Waals surface area contributed by atoms with Gasteiger partial charge in [0.25, 0.3) is 0 Å². The van der Waals surface area contributed by atoms with Crippen molar-refractivity contribution < 1.29 is 9.90 Å². The lowest BCUT2D eigenvalue weighted by Gasteiger charge is -2.13. The fraction of sp³-hybridized carbons (Fsp3) is 0.150. The molecule has 1 unspecified atom stereocenters. The summed E-state index contributed by atoms with van der Waals surface area (Å²) in [5.41, 5.74) is 4.25. The van der Waals surface area contributed by atoms with E-state index in [1.54, 1.807) is 30.5 Å². The molecule has 6 nitrogen and oxygen atoms in total. The lowest BCUT2D eigenvalue weighted by molar-refractivity contribution is 0.0697. The third-order valence-corrected chi connectivity index (χ3v) is 4.75. The maximum absolute atomic E-state index is 11.0. The third kappa shape index (κ3) is 3.74. The molecule has 0 bridgehead atoms. The molecule has 4 rings (SSSR count). The molecule has 2 heterocycles. The molecular formula is C20H20Cl2N4O2. The van der Waals surface area contributed by atoms with Crippen LogP contribution in [0, 0.1) is 0 Å². The zero-order valence-corrected chi connectivity index (χ0v) is 16.9. The van der Waals surface area contributed by atoms with Gasteiger partial charge < -0.3 is 14.2 Å². The Balaban J connectivity index is 0.00000140. The minimum Gasteiger partial charge on any atom is -0.478 e. The van der Waals surface area contributed by atoms with Crippen LogP contribution in [0.2, 0.25) is 0 Å². The van der Waals surface area contributed by atoms with Crippen LogP contribution in [0.4, 0.5) is 0 Å². The van der Waals surface area contributed by atoms with E-state index in [2.05, 4.69) is 34.7 Å². The molecule has 0 amide bonds. The van der Waals surface area contributed by atoms with Crippen LogP contribution in [0.1, 0.15) is 28.9 Å². The van der Waals surface area contributed by atoms with Crippen LogP contribution >= 0.6 is 24.8 Å². The van der Waals surface area contributed by atoms with Crippen LogP contribution in [0.25, 0.3) is 22.4 Å². The molecule has 2 aromatic heterocycles. The highest BCUT2D eigenvalue weighted by atomic mass is 35.5. The summed E-state index contributed by atoms with van der Waals surface area (Å²) in [5, 5.41) is 9.05. The van der Waals surface area contributed by atoms with Crippen molar-refractivity contribution in [3.63, 3.8) is 0 Å². The van der Waals surface area contributed by atoms with Crippen LogP contribution in [-0.2, 0) is 7.05 Å². The number of fused-ring (bicyclic) bond motifs is 1. The quantitative estimate of drug-likeness (QED) is 0.525. The van der Waals surface area contributed by atoms with E-state index >= 15 is 0 Å². The molecule has 0 radical (unpaired) electrons. The molecule has 0 aliphatic heterocycles. The standard InChI is InChI=1S/C20H18N4O2.2ClH/c1-13(24-10-9-21-12-24)16-7-8-18-17(11-16)22-19(23(18)2)14-3-5-15(6-4-14)20(25)26;;/h3-13H,1-2H3,(H,25,26);2*1H. The van der Waals surface area contributed by atoms with Gasteiger partial charge in [-0.3, -0.25) is 0 Å². The van der Waals surface area contributed by atoms with Gasteiger partial charge in [0.05, 0.1) is 29.0 Å². The van der Waals surface area contributed by atoms with E-state index < -0.39 is 5.97 Å². The Kier molecular flexibility index (Phi) is 6.48. The molecule has 0 aliphatic carbocycles. The number of halogens is 2. The summed E-state index contributed by atoms with van der Waals surface area (Å²) >= 11 is 0. The highest BCUT2D eigenvalue weighted by Gasteiger charge is 2.14. The first-order chi connectivity index (χ1) is 12.5. The monoisotopic (exact) mass is 418 g/mol. The zero-order chi connectivity index (χ0) is 18.3. The summed E-state index contributed by atoms with van der Waals surface area (Å²) in [6.45, 7) is 2.12. The fourth-order valence-electron chi connectivity index (χ4n) is 3.17. The van der Waals surface area contributed by atoms with Crippen molar-refractivity contribution in [1.82, 2.24) is 19.1 Å². The molecular weight excluding hydrogens is 399 g/mol. The maximum atomic E-state index is 11.0. The van der Waals surface area contributed by atoms with Crippen molar-refractivity contribution in [2.24, 2.45) is 7.05 Å².